The normalized spacial score (nSPS) is 23.2. The van der Waals surface area contributed by atoms with Crippen molar-refractivity contribution < 1.29 is 33.3 Å². The summed E-state index contributed by atoms with van der Waals surface area (Å²) in [7, 11) is 1.27. The molecule has 34 heavy (non-hydrogen) atoms. The van der Waals surface area contributed by atoms with Crippen molar-refractivity contribution in [2.45, 2.75) is 24.4 Å². The summed E-state index contributed by atoms with van der Waals surface area (Å²) >= 11 is 0. The van der Waals surface area contributed by atoms with E-state index in [4.69, 9.17) is 18.9 Å². The third-order valence-electron chi connectivity index (χ3n) is 5.56. The van der Waals surface area contributed by atoms with Crippen LogP contribution in [0.1, 0.15) is 16.5 Å². The quantitative estimate of drug-likeness (QED) is 0.546. The zero-order chi connectivity index (χ0) is 23.5. The highest BCUT2D eigenvalue weighted by molar-refractivity contribution is 5.86. The van der Waals surface area contributed by atoms with E-state index in [0.29, 0.717) is 11.4 Å². The molecule has 1 aromatic heterocycles. The van der Waals surface area contributed by atoms with Crippen molar-refractivity contribution in [2.75, 3.05) is 25.6 Å². The predicted octanol–water partition coefficient (Wildman–Crippen LogP) is 2.81. The van der Waals surface area contributed by atoms with E-state index in [-0.39, 0.29) is 31.1 Å². The molecule has 0 bridgehead atoms. The molecule has 0 unspecified atom stereocenters. The number of methoxy groups -OCH3 is 1. The summed E-state index contributed by atoms with van der Waals surface area (Å²) in [6, 6.07) is 16.1. The van der Waals surface area contributed by atoms with E-state index in [2.05, 4.69) is 20.4 Å². The Morgan fingerprint density at radius 1 is 1.00 bits per heavy atom. The summed E-state index contributed by atoms with van der Waals surface area (Å²) in [4.78, 5) is 24.1. The third-order valence-corrected chi connectivity index (χ3v) is 5.56. The lowest BCUT2D eigenvalue weighted by molar-refractivity contribution is 0.00770. The van der Waals surface area contributed by atoms with Crippen LogP contribution in [0.5, 0.6) is 11.5 Å². The monoisotopic (exact) mass is 466 g/mol. The lowest BCUT2D eigenvalue weighted by atomic mass is 10.1. The van der Waals surface area contributed by atoms with Crippen LogP contribution in [0.3, 0.4) is 0 Å². The highest BCUT2D eigenvalue weighted by Gasteiger charge is 2.50. The number of carbonyl (C=O) groups excluding carboxylic acids is 2. The number of nitrogens with zero attached hydrogens (tertiary/aromatic N) is 3. The molecule has 11 heteroatoms. The van der Waals surface area contributed by atoms with Gasteiger partial charge >= 0.3 is 12.1 Å². The van der Waals surface area contributed by atoms with Gasteiger partial charge in [-0.2, -0.15) is 0 Å². The fraction of sp³-hybridized carbons (Fsp3) is 0.304. The Balaban J connectivity index is 1.15. The maximum atomic E-state index is 12.4. The molecule has 1 amide bonds. The van der Waals surface area contributed by atoms with Crippen molar-refractivity contribution in [1.29, 1.82) is 0 Å². The Labute approximate surface area is 194 Å². The van der Waals surface area contributed by atoms with E-state index < -0.39 is 24.3 Å². The van der Waals surface area contributed by atoms with Gasteiger partial charge in [-0.15, -0.1) is 5.10 Å². The number of hydrogen-bond acceptors (Lipinski definition) is 9. The minimum Gasteiger partial charge on any atom is -0.464 e. The smallest absolute Gasteiger partial charge is 0.412 e. The van der Waals surface area contributed by atoms with Crippen molar-refractivity contribution in [1.82, 2.24) is 15.0 Å². The second-order valence-electron chi connectivity index (χ2n) is 7.75. The van der Waals surface area contributed by atoms with Gasteiger partial charge in [-0.3, -0.25) is 5.32 Å². The van der Waals surface area contributed by atoms with Crippen LogP contribution in [0.4, 0.5) is 10.5 Å². The minimum atomic E-state index is -0.619. The number of carbonyl (C=O) groups is 2. The van der Waals surface area contributed by atoms with Gasteiger partial charge in [0.2, 0.25) is 0 Å². The van der Waals surface area contributed by atoms with Gasteiger partial charge in [-0.1, -0.05) is 23.4 Å². The highest BCUT2D eigenvalue weighted by atomic mass is 16.6. The lowest BCUT2D eigenvalue weighted by Crippen LogP contribution is -2.34. The number of para-hydroxylation sites is 1. The Bertz CT molecular complexity index is 1150. The van der Waals surface area contributed by atoms with Crippen LogP contribution in [-0.4, -0.2) is 65.7 Å². The van der Waals surface area contributed by atoms with Gasteiger partial charge in [0.1, 0.15) is 29.7 Å². The minimum absolute atomic E-state index is 0.0938. The van der Waals surface area contributed by atoms with Crippen molar-refractivity contribution in [3.63, 3.8) is 0 Å². The van der Waals surface area contributed by atoms with Crippen molar-refractivity contribution >= 4 is 17.7 Å². The fourth-order valence-corrected chi connectivity index (χ4v) is 3.92. The fourth-order valence-electron chi connectivity index (χ4n) is 3.92. The molecule has 2 aromatic carbocycles. The van der Waals surface area contributed by atoms with Crippen molar-refractivity contribution in [2.24, 2.45) is 0 Å². The zero-order valence-electron chi connectivity index (χ0n) is 18.2. The number of anilines is 1. The molecule has 0 saturated carbocycles. The lowest BCUT2D eigenvalue weighted by Gasteiger charge is -2.17. The molecule has 0 aliphatic carbocycles. The summed E-state index contributed by atoms with van der Waals surface area (Å²) in [5.74, 6) is 0.790. The first-order valence-corrected chi connectivity index (χ1v) is 10.6. The number of ether oxygens (including phenoxy) is 5. The number of esters is 1. The number of hydrogen-bond donors (Lipinski definition) is 1. The Kier molecular flexibility index (Phi) is 6.11. The second-order valence-corrected chi connectivity index (χ2v) is 7.75. The zero-order valence-corrected chi connectivity index (χ0v) is 18.2. The molecule has 2 aliphatic heterocycles. The number of amides is 1. The second kappa shape index (κ2) is 9.49. The van der Waals surface area contributed by atoms with Gasteiger partial charge in [0.15, 0.2) is 11.8 Å². The molecule has 5 rings (SSSR count). The van der Waals surface area contributed by atoms with Crippen molar-refractivity contribution in [3.8, 4) is 11.5 Å². The van der Waals surface area contributed by atoms with E-state index in [1.54, 1.807) is 24.3 Å². The third kappa shape index (κ3) is 4.56. The summed E-state index contributed by atoms with van der Waals surface area (Å²) < 4.78 is 29.1. The Morgan fingerprint density at radius 3 is 2.50 bits per heavy atom. The molecule has 0 spiro atoms. The number of benzene rings is 2. The Morgan fingerprint density at radius 2 is 1.74 bits per heavy atom. The molecule has 0 radical (unpaired) electrons. The first-order valence-electron chi connectivity index (χ1n) is 10.6. The molecule has 2 aliphatic rings. The van der Waals surface area contributed by atoms with Gasteiger partial charge in [0.25, 0.3) is 0 Å². The first-order chi connectivity index (χ1) is 16.6. The van der Waals surface area contributed by atoms with Crippen LogP contribution in [0.2, 0.25) is 0 Å². The van der Waals surface area contributed by atoms with E-state index in [0.717, 1.165) is 5.75 Å². The molecule has 176 valence electrons. The van der Waals surface area contributed by atoms with Crippen LogP contribution in [-0.2, 0) is 18.9 Å². The topological polar surface area (TPSA) is 123 Å². The first kappa shape index (κ1) is 21.9. The number of nitrogens with one attached hydrogen (secondary N) is 1. The van der Waals surface area contributed by atoms with Crippen LogP contribution < -0.4 is 10.1 Å². The maximum Gasteiger partial charge on any atom is 0.412 e. The van der Waals surface area contributed by atoms with Gasteiger partial charge in [0, 0.05) is 5.69 Å². The molecule has 2 fully saturated rings. The number of rotatable bonds is 6. The summed E-state index contributed by atoms with van der Waals surface area (Å²) in [5.41, 5.74) is 0.653. The molecular weight excluding hydrogens is 444 g/mol. The standard InChI is InChI=1S/C23H22N4O7/c1-30-22(28)17-11-27(26-25-17)18-12-31-21-19(13-32-20(18)21)34-23(29)24-14-7-9-16(10-8-14)33-15-5-3-2-4-6-15/h2-11,18-21H,12-13H2,1H3,(H,24,29)/t18-,19-,20-,21+/m1/s1. The number of aromatic nitrogens is 3. The van der Waals surface area contributed by atoms with E-state index in [1.807, 2.05) is 30.3 Å². The average Bonchev–Trinajstić information content (AvgIpc) is 3.58. The molecular formula is C23H22N4O7. The summed E-state index contributed by atoms with van der Waals surface area (Å²) in [6.07, 6.45) is -0.564. The van der Waals surface area contributed by atoms with Gasteiger partial charge in [0.05, 0.1) is 26.5 Å². The van der Waals surface area contributed by atoms with Crippen molar-refractivity contribution in [3.05, 3.63) is 66.5 Å². The van der Waals surface area contributed by atoms with Crippen LogP contribution in [0.25, 0.3) is 0 Å². The largest absolute Gasteiger partial charge is 0.464 e. The average molecular weight is 466 g/mol. The van der Waals surface area contributed by atoms with E-state index in [9.17, 15) is 9.59 Å². The predicted molar refractivity (Wildman–Crippen MR) is 117 cm³/mol. The summed E-state index contributed by atoms with van der Waals surface area (Å²) in [5, 5.41) is 10.5. The maximum absolute atomic E-state index is 12.4. The Hall–Kier alpha value is -3.96. The van der Waals surface area contributed by atoms with E-state index in [1.165, 1.54) is 18.0 Å². The van der Waals surface area contributed by atoms with E-state index >= 15 is 0 Å². The van der Waals surface area contributed by atoms with Crippen LogP contribution in [0, 0.1) is 0 Å². The number of fused-ring (bicyclic) bond motifs is 1. The van der Waals surface area contributed by atoms with Crippen LogP contribution in [0.15, 0.2) is 60.8 Å². The van der Waals surface area contributed by atoms with Gasteiger partial charge in [-0.05, 0) is 36.4 Å². The summed E-state index contributed by atoms with van der Waals surface area (Å²) in [6.45, 7) is 0.464. The SMILES string of the molecule is COC(=O)c1cn([C@@H]2CO[C@@H]3[C@@H]2OC[C@H]3OC(=O)Nc2ccc(Oc3ccccc3)cc2)nn1. The van der Waals surface area contributed by atoms with Gasteiger partial charge < -0.3 is 23.7 Å². The van der Waals surface area contributed by atoms with Gasteiger partial charge in [-0.25, -0.2) is 14.3 Å². The van der Waals surface area contributed by atoms with Crippen LogP contribution >= 0.6 is 0 Å². The molecule has 2 saturated heterocycles. The molecule has 4 atom stereocenters. The molecule has 11 nitrogen and oxygen atoms in total. The molecule has 3 aromatic rings. The molecule has 1 N–H and O–H groups in total. The molecule has 3 heterocycles. The highest BCUT2D eigenvalue weighted by Crippen LogP contribution is 2.35.